The maximum Gasteiger partial charge on any atom is 0.0460 e. The lowest BCUT2D eigenvalue weighted by molar-refractivity contribution is 0.718. The van der Waals surface area contributed by atoms with Crippen LogP contribution >= 0.6 is 11.8 Å². The Morgan fingerprint density at radius 1 is 1.57 bits per heavy atom. The van der Waals surface area contributed by atoms with E-state index in [1.165, 1.54) is 12.0 Å². The van der Waals surface area contributed by atoms with Crippen LogP contribution in [0.1, 0.15) is 31.1 Å². The van der Waals surface area contributed by atoms with Gasteiger partial charge in [-0.05, 0) is 30.7 Å². The van der Waals surface area contributed by atoms with E-state index in [-0.39, 0.29) is 6.04 Å². The molecular formula is C11H18N2S. The van der Waals surface area contributed by atoms with Crippen molar-refractivity contribution in [1.29, 1.82) is 0 Å². The Morgan fingerprint density at radius 3 is 2.86 bits per heavy atom. The molecule has 1 heterocycles. The summed E-state index contributed by atoms with van der Waals surface area (Å²) in [5.74, 6) is 1.15. The molecule has 2 unspecified atom stereocenters. The van der Waals surface area contributed by atoms with Crippen molar-refractivity contribution in [2.24, 2.45) is 5.73 Å². The minimum Gasteiger partial charge on any atom is -0.327 e. The predicted octanol–water partition coefficient (Wildman–Crippen LogP) is 2.61. The van der Waals surface area contributed by atoms with E-state index in [2.05, 4.69) is 24.9 Å². The first-order chi connectivity index (χ1) is 6.75. The highest BCUT2D eigenvalue weighted by molar-refractivity contribution is 7.99. The fourth-order valence-corrected chi connectivity index (χ4v) is 2.47. The largest absolute Gasteiger partial charge is 0.327 e. The normalized spacial score (nSPS) is 15.1. The molecule has 0 aromatic carbocycles. The molecule has 0 bridgehead atoms. The van der Waals surface area contributed by atoms with Gasteiger partial charge in [0.05, 0.1) is 0 Å². The Hall–Kier alpha value is -0.540. The number of rotatable bonds is 5. The maximum atomic E-state index is 5.96. The van der Waals surface area contributed by atoms with E-state index in [9.17, 15) is 0 Å². The highest BCUT2D eigenvalue weighted by atomic mass is 32.2. The van der Waals surface area contributed by atoms with Crippen molar-refractivity contribution in [2.75, 3.05) is 5.75 Å². The molecule has 0 aliphatic heterocycles. The van der Waals surface area contributed by atoms with Crippen LogP contribution in [-0.2, 0) is 0 Å². The fraction of sp³-hybridized carbons (Fsp3) is 0.545. The summed E-state index contributed by atoms with van der Waals surface area (Å²) in [6.45, 7) is 4.24. The monoisotopic (exact) mass is 210 g/mol. The van der Waals surface area contributed by atoms with Gasteiger partial charge < -0.3 is 5.73 Å². The van der Waals surface area contributed by atoms with Crippen LogP contribution in [0.2, 0.25) is 0 Å². The number of nitrogens with zero attached hydrogens (tertiary/aromatic N) is 1. The molecule has 0 aliphatic rings. The SMILES string of the molecule is CCCSC(c1cccnc1)C(C)N. The fourth-order valence-electron chi connectivity index (χ4n) is 1.34. The zero-order chi connectivity index (χ0) is 10.4. The lowest BCUT2D eigenvalue weighted by Crippen LogP contribution is -2.22. The molecule has 0 radical (unpaired) electrons. The second kappa shape index (κ2) is 6.04. The molecule has 1 rings (SSSR count). The third-order valence-corrected chi connectivity index (χ3v) is 3.70. The van der Waals surface area contributed by atoms with Crippen LogP contribution in [0.3, 0.4) is 0 Å². The van der Waals surface area contributed by atoms with E-state index in [0.29, 0.717) is 5.25 Å². The Kier molecular flexibility index (Phi) is 4.98. The summed E-state index contributed by atoms with van der Waals surface area (Å²) in [6.07, 6.45) is 4.90. The zero-order valence-corrected chi connectivity index (χ0v) is 9.63. The summed E-state index contributed by atoms with van der Waals surface area (Å²) in [5, 5.41) is 0.378. The molecule has 0 spiro atoms. The molecule has 2 nitrogen and oxygen atoms in total. The van der Waals surface area contributed by atoms with Crippen molar-refractivity contribution in [2.45, 2.75) is 31.6 Å². The average molecular weight is 210 g/mol. The number of thioether (sulfide) groups is 1. The first kappa shape index (κ1) is 11.5. The third kappa shape index (κ3) is 3.31. The van der Waals surface area contributed by atoms with Crippen LogP contribution in [0, 0.1) is 0 Å². The van der Waals surface area contributed by atoms with Crippen molar-refractivity contribution in [3.05, 3.63) is 30.1 Å². The summed E-state index contributed by atoms with van der Waals surface area (Å²) in [5.41, 5.74) is 7.20. The van der Waals surface area contributed by atoms with Gasteiger partial charge >= 0.3 is 0 Å². The Balaban J connectivity index is 2.68. The number of aromatic nitrogens is 1. The van der Waals surface area contributed by atoms with Gasteiger partial charge in [-0.25, -0.2) is 0 Å². The molecule has 1 aromatic heterocycles. The van der Waals surface area contributed by atoms with Gasteiger partial charge in [0.2, 0.25) is 0 Å². The Bertz CT molecular complexity index is 249. The lowest BCUT2D eigenvalue weighted by atomic mass is 10.1. The van der Waals surface area contributed by atoms with Gasteiger partial charge in [-0.3, -0.25) is 4.98 Å². The summed E-state index contributed by atoms with van der Waals surface area (Å²) in [6, 6.07) is 4.25. The third-order valence-electron chi connectivity index (χ3n) is 1.99. The first-order valence-electron chi connectivity index (χ1n) is 5.02. The zero-order valence-electron chi connectivity index (χ0n) is 8.81. The molecule has 1 aromatic rings. The van der Waals surface area contributed by atoms with Crippen LogP contribution in [0.15, 0.2) is 24.5 Å². The molecule has 2 atom stereocenters. The van der Waals surface area contributed by atoms with E-state index in [1.54, 1.807) is 6.20 Å². The smallest absolute Gasteiger partial charge is 0.0460 e. The van der Waals surface area contributed by atoms with Gasteiger partial charge in [0, 0.05) is 23.7 Å². The second-order valence-corrected chi connectivity index (χ2v) is 4.69. The van der Waals surface area contributed by atoms with Crippen LogP contribution in [0.5, 0.6) is 0 Å². The topological polar surface area (TPSA) is 38.9 Å². The molecule has 14 heavy (non-hydrogen) atoms. The highest BCUT2D eigenvalue weighted by Gasteiger charge is 2.15. The number of hydrogen-bond acceptors (Lipinski definition) is 3. The number of hydrogen-bond donors (Lipinski definition) is 1. The molecule has 3 heteroatoms. The Labute approximate surface area is 90.3 Å². The lowest BCUT2D eigenvalue weighted by Gasteiger charge is -2.19. The summed E-state index contributed by atoms with van der Waals surface area (Å²) in [4.78, 5) is 4.13. The minimum absolute atomic E-state index is 0.177. The van der Waals surface area contributed by atoms with E-state index in [0.717, 1.165) is 5.75 Å². The maximum absolute atomic E-state index is 5.96. The minimum atomic E-state index is 0.177. The van der Waals surface area contributed by atoms with Gasteiger partial charge in [-0.1, -0.05) is 13.0 Å². The second-order valence-electron chi connectivity index (χ2n) is 3.44. The quantitative estimate of drug-likeness (QED) is 0.812. The molecule has 0 amide bonds. The van der Waals surface area contributed by atoms with Crippen LogP contribution in [0.4, 0.5) is 0 Å². The van der Waals surface area contributed by atoms with Crippen molar-refractivity contribution in [3.63, 3.8) is 0 Å². The van der Waals surface area contributed by atoms with Crippen molar-refractivity contribution >= 4 is 11.8 Å². The van der Waals surface area contributed by atoms with E-state index in [1.807, 2.05) is 24.0 Å². The average Bonchev–Trinajstić information content (AvgIpc) is 2.19. The van der Waals surface area contributed by atoms with Gasteiger partial charge in [0.1, 0.15) is 0 Å². The van der Waals surface area contributed by atoms with Crippen molar-refractivity contribution in [1.82, 2.24) is 4.98 Å². The first-order valence-corrected chi connectivity index (χ1v) is 6.07. The summed E-state index contributed by atoms with van der Waals surface area (Å²) in [7, 11) is 0. The molecule has 0 saturated carbocycles. The van der Waals surface area contributed by atoms with Gasteiger partial charge in [0.15, 0.2) is 0 Å². The molecule has 0 fully saturated rings. The standard InChI is InChI=1S/C11H18N2S/c1-3-7-14-11(9(2)12)10-5-4-6-13-8-10/h4-6,8-9,11H,3,7,12H2,1-2H3. The number of pyridine rings is 1. The number of nitrogens with two attached hydrogens (primary N) is 1. The van der Waals surface area contributed by atoms with Gasteiger partial charge in [-0.2, -0.15) is 11.8 Å². The van der Waals surface area contributed by atoms with E-state index >= 15 is 0 Å². The van der Waals surface area contributed by atoms with Gasteiger partial charge in [-0.15, -0.1) is 0 Å². The highest BCUT2D eigenvalue weighted by Crippen LogP contribution is 2.30. The molecule has 2 N–H and O–H groups in total. The van der Waals surface area contributed by atoms with Crippen LogP contribution in [0.25, 0.3) is 0 Å². The Morgan fingerprint density at radius 2 is 2.36 bits per heavy atom. The molecule has 0 saturated heterocycles. The van der Waals surface area contributed by atoms with Crippen molar-refractivity contribution in [3.8, 4) is 0 Å². The van der Waals surface area contributed by atoms with Gasteiger partial charge in [0.25, 0.3) is 0 Å². The van der Waals surface area contributed by atoms with E-state index in [4.69, 9.17) is 5.73 Å². The molecule has 0 aliphatic carbocycles. The predicted molar refractivity (Wildman–Crippen MR) is 63.4 cm³/mol. The van der Waals surface area contributed by atoms with Crippen molar-refractivity contribution < 1.29 is 0 Å². The van der Waals surface area contributed by atoms with Crippen LogP contribution < -0.4 is 5.73 Å². The summed E-state index contributed by atoms with van der Waals surface area (Å²) < 4.78 is 0. The van der Waals surface area contributed by atoms with Crippen LogP contribution in [-0.4, -0.2) is 16.8 Å². The summed E-state index contributed by atoms with van der Waals surface area (Å²) >= 11 is 1.92. The van der Waals surface area contributed by atoms with E-state index < -0.39 is 0 Å². The molecule has 78 valence electrons. The molecular weight excluding hydrogens is 192 g/mol.